The number of rotatable bonds is 5. The van der Waals surface area contributed by atoms with E-state index in [9.17, 15) is 14.0 Å². The van der Waals surface area contributed by atoms with Crippen molar-refractivity contribution in [3.63, 3.8) is 0 Å². The van der Waals surface area contributed by atoms with Gasteiger partial charge in [0.15, 0.2) is 4.96 Å². The zero-order valence-electron chi connectivity index (χ0n) is 12.8. The highest BCUT2D eigenvalue weighted by Gasteiger charge is 2.09. The quantitative estimate of drug-likeness (QED) is 0.757. The lowest BCUT2D eigenvalue weighted by molar-refractivity contribution is -0.113. The zero-order chi connectivity index (χ0) is 17.1. The molecule has 5 nitrogen and oxygen atoms in total. The van der Waals surface area contributed by atoms with E-state index < -0.39 is 5.82 Å². The lowest BCUT2D eigenvalue weighted by Crippen LogP contribution is -2.16. The van der Waals surface area contributed by atoms with Gasteiger partial charge in [0.05, 0.1) is 17.1 Å². The molecule has 0 atom stereocenters. The van der Waals surface area contributed by atoms with E-state index in [2.05, 4.69) is 10.3 Å². The highest BCUT2D eigenvalue weighted by atomic mass is 32.2. The predicted octanol–water partition coefficient (Wildman–Crippen LogP) is 3.08. The summed E-state index contributed by atoms with van der Waals surface area (Å²) < 4.78 is 15.0. The summed E-state index contributed by atoms with van der Waals surface area (Å²) in [5, 5.41) is 4.40. The first-order chi connectivity index (χ1) is 11.5. The number of amides is 1. The van der Waals surface area contributed by atoms with Gasteiger partial charge in [-0.3, -0.25) is 14.0 Å². The number of halogens is 1. The van der Waals surface area contributed by atoms with Crippen molar-refractivity contribution in [1.29, 1.82) is 0 Å². The van der Waals surface area contributed by atoms with E-state index in [1.165, 1.54) is 41.3 Å². The van der Waals surface area contributed by atoms with Crippen molar-refractivity contribution in [1.82, 2.24) is 9.38 Å². The van der Waals surface area contributed by atoms with Crippen molar-refractivity contribution in [2.45, 2.75) is 12.7 Å². The predicted molar refractivity (Wildman–Crippen MR) is 95.3 cm³/mol. The summed E-state index contributed by atoms with van der Waals surface area (Å²) in [4.78, 5) is 29.0. The minimum atomic E-state index is -0.468. The summed E-state index contributed by atoms with van der Waals surface area (Å²) in [5.74, 6) is -0.175. The summed E-state index contributed by atoms with van der Waals surface area (Å²) in [6.07, 6.45) is 0. The minimum absolute atomic E-state index is 0.120. The second-order valence-electron chi connectivity index (χ2n) is 5.10. The Kier molecular flexibility index (Phi) is 4.96. The molecule has 3 rings (SSSR count). The number of anilines is 1. The van der Waals surface area contributed by atoms with Crippen LogP contribution in [0.15, 0.2) is 40.5 Å². The fourth-order valence-electron chi connectivity index (χ4n) is 2.17. The number of thiazole rings is 1. The van der Waals surface area contributed by atoms with Gasteiger partial charge in [0.25, 0.3) is 5.56 Å². The Morgan fingerprint density at radius 3 is 3.00 bits per heavy atom. The smallest absolute Gasteiger partial charge is 0.258 e. The lowest BCUT2D eigenvalue weighted by atomic mass is 10.3. The molecule has 0 radical (unpaired) electrons. The minimum Gasteiger partial charge on any atom is -0.323 e. The Morgan fingerprint density at radius 1 is 1.42 bits per heavy atom. The molecule has 0 bridgehead atoms. The van der Waals surface area contributed by atoms with Crippen LogP contribution in [0.4, 0.5) is 10.1 Å². The first-order valence-corrected chi connectivity index (χ1v) is 9.17. The van der Waals surface area contributed by atoms with Gasteiger partial charge in [0.2, 0.25) is 5.91 Å². The number of carbonyl (C=O) groups is 1. The van der Waals surface area contributed by atoms with Crippen molar-refractivity contribution < 1.29 is 9.18 Å². The fourth-order valence-corrected chi connectivity index (χ4v) is 3.78. The molecule has 0 spiro atoms. The second kappa shape index (κ2) is 7.14. The molecule has 0 unspecified atom stereocenters. The Hall–Kier alpha value is -2.19. The maximum Gasteiger partial charge on any atom is 0.258 e. The van der Waals surface area contributed by atoms with Crippen molar-refractivity contribution in [3.05, 3.63) is 63.3 Å². The molecule has 0 fully saturated rings. The zero-order valence-corrected chi connectivity index (χ0v) is 14.4. The van der Waals surface area contributed by atoms with Crippen molar-refractivity contribution in [2.75, 3.05) is 11.1 Å². The van der Waals surface area contributed by atoms with Crippen LogP contribution >= 0.6 is 23.1 Å². The molecule has 0 saturated heterocycles. The van der Waals surface area contributed by atoms with Gasteiger partial charge in [-0.1, -0.05) is 12.1 Å². The average molecular weight is 363 g/mol. The van der Waals surface area contributed by atoms with Crippen LogP contribution in [0.25, 0.3) is 4.96 Å². The van der Waals surface area contributed by atoms with Gasteiger partial charge < -0.3 is 5.32 Å². The highest BCUT2D eigenvalue weighted by molar-refractivity contribution is 7.99. The topological polar surface area (TPSA) is 63.5 Å². The van der Waals surface area contributed by atoms with Gasteiger partial charge in [-0.2, -0.15) is 0 Å². The number of fused-ring (bicyclic) bond motifs is 1. The van der Waals surface area contributed by atoms with Crippen LogP contribution in [0.1, 0.15) is 11.4 Å². The number of thioether (sulfide) groups is 1. The molecule has 124 valence electrons. The van der Waals surface area contributed by atoms with Gasteiger partial charge >= 0.3 is 0 Å². The largest absolute Gasteiger partial charge is 0.323 e. The molecule has 8 heteroatoms. The van der Waals surface area contributed by atoms with Gasteiger partial charge in [-0.05, 0) is 19.1 Å². The van der Waals surface area contributed by atoms with Crippen LogP contribution in [0.3, 0.4) is 0 Å². The molecular formula is C16H14FN3O2S2. The summed E-state index contributed by atoms with van der Waals surface area (Å²) in [7, 11) is 0. The molecule has 1 N–H and O–H groups in total. The number of carbonyl (C=O) groups excluding carboxylic acids is 1. The third-order valence-corrected chi connectivity index (χ3v) is 5.17. The Bertz CT molecular complexity index is 952. The van der Waals surface area contributed by atoms with Crippen molar-refractivity contribution in [2.24, 2.45) is 0 Å². The van der Waals surface area contributed by atoms with Gasteiger partial charge in [-0.15, -0.1) is 23.1 Å². The average Bonchev–Trinajstić information content (AvgIpc) is 2.91. The molecule has 2 aromatic heterocycles. The molecule has 0 aliphatic carbocycles. The maximum absolute atomic E-state index is 13.5. The number of aryl methyl sites for hydroxylation is 1. The summed E-state index contributed by atoms with van der Waals surface area (Å²) >= 11 is 2.73. The molecular weight excluding hydrogens is 349 g/mol. The first kappa shape index (κ1) is 16.7. The van der Waals surface area contributed by atoms with Crippen LogP contribution in [0.2, 0.25) is 0 Å². The lowest BCUT2D eigenvalue weighted by Gasteiger charge is -2.06. The Balaban J connectivity index is 1.59. The Morgan fingerprint density at radius 2 is 2.21 bits per heavy atom. The second-order valence-corrected chi connectivity index (χ2v) is 6.92. The van der Waals surface area contributed by atoms with E-state index in [-0.39, 0.29) is 22.9 Å². The van der Waals surface area contributed by atoms with Crippen molar-refractivity contribution >= 4 is 39.7 Å². The number of benzene rings is 1. The van der Waals surface area contributed by atoms with E-state index in [1.807, 2.05) is 12.3 Å². The molecule has 0 saturated carbocycles. The molecule has 3 aromatic rings. The molecule has 0 aliphatic rings. The summed E-state index contributed by atoms with van der Waals surface area (Å²) in [6, 6.07) is 7.49. The van der Waals surface area contributed by atoms with Gasteiger partial charge in [0, 0.05) is 22.9 Å². The van der Waals surface area contributed by atoms with Crippen LogP contribution in [0, 0.1) is 12.7 Å². The standard InChI is InChI=1S/C16H14FN3O2S2/c1-10-7-24-16-18-11(6-15(22)20(10)16)8-23-9-14(21)19-13-5-3-2-4-12(13)17/h2-7H,8-9H2,1H3,(H,19,21). The van der Waals surface area contributed by atoms with E-state index in [0.717, 1.165) is 5.69 Å². The van der Waals surface area contributed by atoms with E-state index in [4.69, 9.17) is 0 Å². The molecule has 0 aliphatic heterocycles. The molecule has 1 amide bonds. The number of hydrogen-bond donors (Lipinski definition) is 1. The first-order valence-electron chi connectivity index (χ1n) is 7.13. The van der Waals surface area contributed by atoms with Crippen LogP contribution in [0.5, 0.6) is 0 Å². The fraction of sp³-hybridized carbons (Fsp3) is 0.188. The molecule has 24 heavy (non-hydrogen) atoms. The third kappa shape index (κ3) is 3.65. The number of hydrogen-bond acceptors (Lipinski definition) is 5. The summed E-state index contributed by atoms with van der Waals surface area (Å²) in [5.41, 5.74) is 1.53. The normalized spacial score (nSPS) is 10.9. The van der Waals surface area contributed by atoms with Gasteiger partial charge in [-0.25, -0.2) is 9.37 Å². The van der Waals surface area contributed by atoms with Crippen LogP contribution in [-0.4, -0.2) is 21.0 Å². The Labute approximate surface area is 145 Å². The van der Waals surface area contributed by atoms with Gasteiger partial charge in [0.1, 0.15) is 5.82 Å². The van der Waals surface area contributed by atoms with Crippen LogP contribution in [-0.2, 0) is 10.5 Å². The number of nitrogens with one attached hydrogen (secondary N) is 1. The highest BCUT2D eigenvalue weighted by Crippen LogP contribution is 2.16. The maximum atomic E-state index is 13.5. The number of para-hydroxylation sites is 1. The SMILES string of the molecule is Cc1csc2nc(CSCC(=O)Nc3ccccc3F)cc(=O)n12. The molecule has 2 heterocycles. The van der Waals surface area contributed by atoms with E-state index >= 15 is 0 Å². The van der Waals surface area contributed by atoms with E-state index in [0.29, 0.717) is 16.4 Å². The molecule has 1 aromatic carbocycles. The van der Waals surface area contributed by atoms with Crippen molar-refractivity contribution in [3.8, 4) is 0 Å². The monoisotopic (exact) mass is 363 g/mol. The summed E-state index contributed by atoms with van der Waals surface area (Å²) in [6.45, 7) is 1.86. The third-order valence-electron chi connectivity index (χ3n) is 3.26. The van der Waals surface area contributed by atoms with E-state index in [1.54, 1.807) is 16.5 Å². The number of aromatic nitrogens is 2. The number of nitrogens with zero attached hydrogens (tertiary/aromatic N) is 2. The van der Waals surface area contributed by atoms with Crippen LogP contribution < -0.4 is 10.9 Å².